The van der Waals surface area contributed by atoms with Crippen LogP contribution in [-0.2, 0) is 9.68 Å². The van der Waals surface area contributed by atoms with Crippen LogP contribution in [-0.4, -0.2) is 36.8 Å². The minimum Gasteiger partial charge on any atom is -0.267 e. The van der Waals surface area contributed by atoms with Gasteiger partial charge in [0, 0.05) is 0 Å². The summed E-state index contributed by atoms with van der Waals surface area (Å²) in [6.45, 7) is -3.45. The molecule has 0 aromatic heterocycles. The first-order chi connectivity index (χ1) is 8.58. The van der Waals surface area contributed by atoms with Gasteiger partial charge in [-0.15, -0.1) is 4.94 Å². The molecule has 0 fully saturated rings. The van der Waals surface area contributed by atoms with Crippen molar-refractivity contribution in [1.82, 2.24) is 0 Å². The Kier molecular flexibility index (Phi) is 4.89. The molecule has 0 aromatic rings. The van der Waals surface area contributed by atoms with Crippen LogP contribution in [0, 0.1) is 0 Å². The third-order valence-corrected chi connectivity index (χ3v) is 1.73. The number of ether oxygens (including phenoxy) is 1. The number of halogens is 12. The predicted octanol–water partition coefficient (Wildman–Crippen LogP) is 3.92. The van der Waals surface area contributed by atoms with Gasteiger partial charge < -0.3 is 0 Å². The summed E-state index contributed by atoms with van der Waals surface area (Å²) in [5.41, 5.74) is 0. The van der Waals surface area contributed by atoms with Crippen molar-refractivity contribution in [3.63, 3.8) is 0 Å². The van der Waals surface area contributed by atoms with Gasteiger partial charge in [-0.25, -0.2) is 4.39 Å². The zero-order valence-corrected chi connectivity index (χ0v) is 8.56. The van der Waals surface area contributed by atoms with E-state index in [9.17, 15) is 52.8 Å². The number of hydrogen-bond acceptors (Lipinski definition) is 2. The van der Waals surface area contributed by atoms with E-state index in [4.69, 9.17) is 0 Å². The van der Waals surface area contributed by atoms with Crippen LogP contribution in [0.4, 0.5) is 52.8 Å². The molecule has 0 aliphatic carbocycles. The molecule has 0 saturated carbocycles. The maximum Gasteiger partial charge on any atom is 0.461 e. The minimum absolute atomic E-state index is 1.25. The Morgan fingerprint density at radius 1 is 0.700 bits per heavy atom. The lowest BCUT2D eigenvalue weighted by Crippen LogP contribution is -2.62. The quantitative estimate of drug-likeness (QED) is 0.710. The fourth-order valence-electron chi connectivity index (χ4n) is 0.683. The molecular formula is C6H2F12O2. The summed E-state index contributed by atoms with van der Waals surface area (Å²) in [6, 6.07) is 0. The number of hydrogen-bond donors (Lipinski definition) is 0. The predicted molar refractivity (Wildman–Crippen MR) is 34.0 cm³/mol. The van der Waals surface area contributed by atoms with E-state index < -0.39 is 36.8 Å². The largest absolute Gasteiger partial charge is 0.461 e. The Hall–Kier alpha value is -0.920. The highest BCUT2D eigenvalue weighted by Crippen LogP contribution is 2.50. The zero-order chi connectivity index (χ0) is 16.6. The van der Waals surface area contributed by atoms with Crippen LogP contribution in [0.2, 0.25) is 0 Å². The lowest BCUT2D eigenvalue weighted by molar-refractivity contribution is -0.532. The summed E-state index contributed by atoms with van der Waals surface area (Å²) >= 11 is 0. The van der Waals surface area contributed by atoms with E-state index >= 15 is 0 Å². The Balaban J connectivity index is 5.65. The van der Waals surface area contributed by atoms with Crippen LogP contribution in [0.15, 0.2) is 0 Å². The lowest BCUT2D eigenvalue weighted by atomic mass is 10.2. The van der Waals surface area contributed by atoms with Crippen LogP contribution in [0.1, 0.15) is 0 Å². The van der Waals surface area contributed by atoms with E-state index in [0.29, 0.717) is 0 Å². The summed E-state index contributed by atoms with van der Waals surface area (Å²) in [5, 5.41) is 0. The van der Waals surface area contributed by atoms with Crippen LogP contribution in [0.3, 0.4) is 0 Å². The lowest BCUT2D eigenvalue weighted by Gasteiger charge is -2.35. The van der Waals surface area contributed by atoms with Gasteiger partial charge in [-0.05, 0) is 4.53 Å². The van der Waals surface area contributed by atoms with Crippen LogP contribution in [0.25, 0.3) is 0 Å². The highest BCUT2D eigenvalue weighted by molar-refractivity contribution is 4.89. The van der Waals surface area contributed by atoms with Crippen molar-refractivity contribution in [3.05, 3.63) is 0 Å². The van der Waals surface area contributed by atoms with Crippen molar-refractivity contribution in [2.24, 2.45) is 0 Å². The fourth-order valence-corrected chi connectivity index (χ4v) is 0.683. The third-order valence-electron chi connectivity index (χ3n) is 1.73. The maximum absolute atomic E-state index is 12.7. The van der Waals surface area contributed by atoms with Crippen molar-refractivity contribution in [1.29, 1.82) is 0 Å². The maximum atomic E-state index is 12.7. The average Bonchev–Trinajstić information content (AvgIpc) is 2.23. The second-order valence-corrected chi connectivity index (χ2v) is 3.15. The van der Waals surface area contributed by atoms with E-state index in [0.717, 1.165) is 0 Å². The molecule has 0 heterocycles. The van der Waals surface area contributed by atoms with Gasteiger partial charge in [-0.1, -0.05) is 0 Å². The Morgan fingerprint density at radius 3 is 1.30 bits per heavy atom. The second kappa shape index (κ2) is 5.13. The molecule has 122 valence electrons. The Labute approximate surface area is 101 Å². The molecule has 20 heavy (non-hydrogen) atoms. The van der Waals surface area contributed by atoms with Crippen molar-refractivity contribution in [3.8, 4) is 0 Å². The van der Waals surface area contributed by atoms with Crippen molar-refractivity contribution in [2.75, 3.05) is 6.67 Å². The van der Waals surface area contributed by atoms with Gasteiger partial charge in [0.2, 0.25) is 0 Å². The molecule has 0 aliphatic rings. The topological polar surface area (TPSA) is 18.5 Å². The molecule has 2 unspecified atom stereocenters. The number of alkyl halides is 11. The zero-order valence-electron chi connectivity index (χ0n) is 8.56. The van der Waals surface area contributed by atoms with Crippen LogP contribution >= 0.6 is 0 Å². The molecular weight excluding hydrogens is 332 g/mol. The van der Waals surface area contributed by atoms with Crippen molar-refractivity contribution in [2.45, 2.75) is 30.2 Å². The first-order valence-electron chi connectivity index (χ1n) is 4.03. The van der Waals surface area contributed by atoms with E-state index in [1.165, 1.54) is 4.94 Å². The van der Waals surface area contributed by atoms with Gasteiger partial charge in [0.1, 0.15) is 0 Å². The summed E-state index contributed by atoms with van der Waals surface area (Å²) in [7, 11) is 0. The van der Waals surface area contributed by atoms with Gasteiger partial charge in [-0.2, -0.15) is 43.9 Å². The van der Waals surface area contributed by atoms with E-state index in [1.807, 2.05) is 4.74 Å². The summed E-state index contributed by atoms with van der Waals surface area (Å²) in [6.07, 6.45) is -20.5. The summed E-state index contributed by atoms with van der Waals surface area (Å²) in [5.74, 6) is -12.8. The molecule has 0 aromatic carbocycles. The first-order valence-corrected chi connectivity index (χ1v) is 4.03. The second-order valence-electron chi connectivity index (χ2n) is 3.15. The standard InChI is InChI=1S/C6H2F12O2/c7-1-2(8,4(10,11)12)19-6(16,17)3(9,20-18)5(13,14)15/h1H2. The monoisotopic (exact) mass is 334 g/mol. The molecule has 0 radical (unpaired) electrons. The molecule has 0 amide bonds. The van der Waals surface area contributed by atoms with E-state index in [2.05, 4.69) is 0 Å². The van der Waals surface area contributed by atoms with Gasteiger partial charge in [0.15, 0.2) is 6.67 Å². The smallest absolute Gasteiger partial charge is 0.267 e. The molecule has 0 bridgehead atoms. The van der Waals surface area contributed by atoms with Gasteiger partial charge in [0.05, 0.1) is 0 Å². The summed E-state index contributed by atoms with van der Waals surface area (Å²) in [4.78, 5) is 1.25. The molecule has 2 atom stereocenters. The van der Waals surface area contributed by atoms with Gasteiger partial charge in [0.25, 0.3) is 0 Å². The van der Waals surface area contributed by atoms with E-state index in [1.54, 1.807) is 0 Å². The van der Waals surface area contributed by atoms with Gasteiger partial charge >= 0.3 is 30.2 Å². The van der Waals surface area contributed by atoms with Crippen molar-refractivity contribution >= 4 is 0 Å². The van der Waals surface area contributed by atoms with E-state index in [-0.39, 0.29) is 0 Å². The molecule has 14 heteroatoms. The van der Waals surface area contributed by atoms with Crippen LogP contribution in [0.5, 0.6) is 0 Å². The molecule has 0 N–H and O–H groups in total. The van der Waals surface area contributed by atoms with Gasteiger partial charge in [-0.3, -0.25) is 4.74 Å². The summed E-state index contributed by atoms with van der Waals surface area (Å²) < 4.78 is 146. The fraction of sp³-hybridized carbons (Fsp3) is 1.00. The molecule has 0 spiro atoms. The Morgan fingerprint density at radius 2 is 1.10 bits per heavy atom. The minimum atomic E-state index is -6.96. The number of rotatable bonds is 5. The highest BCUT2D eigenvalue weighted by Gasteiger charge is 2.79. The molecule has 0 aliphatic heterocycles. The average molecular weight is 334 g/mol. The highest BCUT2D eigenvalue weighted by atomic mass is 19.4. The normalized spacial score (nSPS) is 20.4. The SMILES string of the molecule is FCC(F)(OC(F)(F)C(F)(OF)C(F)(F)F)C(F)(F)F. The first kappa shape index (κ1) is 19.1. The molecule has 2 nitrogen and oxygen atoms in total. The third kappa shape index (κ3) is 3.05. The molecule has 0 rings (SSSR count). The molecule has 0 saturated heterocycles. The van der Waals surface area contributed by atoms with Crippen molar-refractivity contribution < 1.29 is 62.5 Å². The Bertz CT molecular complexity index is 336. The van der Waals surface area contributed by atoms with Crippen LogP contribution < -0.4 is 0 Å².